The predicted octanol–water partition coefficient (Wildman–Crippen LogP) is 13.2. The van der Waals surface area contributed by atoms with Crippen LogP contribution in [0.3, 0.4) is 0 Å². The van der Waals surface area contributed by atoms with Crippen LogP contribution in [0.1, 0.15) is 0 Å². The van der Waals surface area contributed by atoms with E-state index in [9.17, 15) is 0 Å². The van der Waals surface area contributed by atoms with E-state index in [-0.39, 0.29) is 0 Å². The molecule has 0 saturated carbocycles. The van der Waals surface area contributed by atoms with E-state index in [1.807, 2.05) is 0 Å². The molecular formula is C46H28O. The van der Waals surface area contributed by atoms with Gasteiger partial charge >= 0.3 is 0 Å². The van der Waals surface area contributed by atoms with Crippen LogP contribution in [-0.2, 0) is 0 Å². The SMILES string of the molecule is c1ccc2cc(-c3c4ccccc4c(-c4cc(-c5cccc6ccccc56)c5oc6ccccc6c5c4)c4ccccc34)ccc2c1. The van der Waals surface area contributed by atoms with Gasteiger partial charge in [-0.2, -0.15) is 0 Å². The van der Waals surface area contributed by atoms with Crippen molar-refractivity contribution in [1.29, 1.82) is 0 Å². The summed E-state index contributed by atoms with van der Waals surface area (Å²) in [7, 11) is 0. The number of para-hydroxylation sites is 1. The molecule has 0 fully saturated rings. The number of hydrogen-bond donors (Lipinski definition) is 0. The molecule has 0 aliphatic heterocycles. The highest BCUT2D eigenvalue weighted by Crippen LogP contribution is 2.47. The fourth-order valence-electron chi connectivity index (χ4n) is 7.73. The van der Waals surface area contributed by atoms with Crippen molar-refractivity contribution < 1.29 is 4.42 Å². The average molecular weight is 597 g/mol. The summed E-state index contributed by atoms with van der Waals surface area (Å²) in [6.07, 6.45) is 0. The lowest BCUT2D eigenvalue weighted by Crippen LogP contribution is -1.92. The summed E-state index contributed by atoms with van der Waals surface area (Å²) in [4.78, 5) is 0. The molecule has 0 saturated heterocycles. The zero-order chi connectivity index (χ0) is 30.9. The molecule has 1 heterocycles. The Labute approximate surface area is 271 Å². The van der Waals surface area contributed by atoms with Gasteiger partial charge in [-0.05, 0) is 95.2 Å². The molecule has 0 N–H and O–H groups in total. The van der Waals surface area contributed by atoms with Gasteiger partial charge in [-0.1, -0.05) is 146 Å². The van der Waals surface area contributed by atoms with E-state index in [1.165, 1.54) is 70.9 Å². The molecule has 0 atom stereocenters. The number of rotatable bonds is 3. The Kier molecular flexibility index (Phi) is 5.64. The molecule has 47 heavy (non-hydrogen) atoms. The highest BCUT2D eigenvalue weighted by atomic mass is 16.3. The van der Waals surface area contributed by atoms with E-state index in [0.29, 0.717) is 0 Å². The lowest BCUT2D eigenvalue weighted by molar-refractivity contribution is 0.670. The minimum Gasteiger partial charge on any atom is -0.455 e. The molecule has 0 spiro atoms. The molecule has 1 aromatic heterocycles. The standard InChI is InChI=1S/C46H28O/c1-2-14-31-26-32(25-24-29(31)12-1)44-37-18-5-7-20-39(37)45(40-21-8-6-19-38(40)44)33-27-41(35-22-11-15-30-13-3-4-16-34(30)35)46-42(28-33)36-17-9-10-23-43(36)47-46/h1-28H. The van der Waals surface area contributed by atoms with Crippen LogP contribution < -0.4 is 0 Å². The summed E-state index contributed by atoms with van der Waals surface area (Å²) in [5, 5.41) is 12.2. The summed E-state index contributed by atoms with van der Waals surface area (Å²) in [6.45, 7) is 0. The van der Waals surface area contributed by atoms with Gasteiger partial charge in [0.05, 0.1) is 0 Å². The lowest BCUT2D eigenvalue weighted by Gasteiger charge is -2.19. The van der Waals surface area contributed by atoms with Crippen molar-refractivity contribution in [3.8, 4) is 33.4 Å². The third-order valence-corrected chi connectivity index (χ3v) is 9.82. The van der Waals surface area contributed by atoms with Crippen molar-refractivity contribution in [2.45, 2.75) is 0 Å². The molecule has 1 heteroatoms. The summed E-state index contributed by atoms with van der Waals surface area (Å²) in [5.74, 6) is 0. The topological polar surface area (TPSA) is 13.1 Å². The molecule has 0 amide bonds. The molecule has 9 aromatic carbocycles. The Morgan fingerprint density at radius 1 is 0.298 bits per heavy atom. The van der Waals surface area contributed by atoms with Crippen LogP contribution in [0.15, 0.2) is 174 Å². The smallest absolute Gasteiger partial charge is 0.143 e. The minimum absolute atomic E-state index is 0.905. The second-order valence-electron chi connectivity index (χ2n) is 12.4. The van der Waals surface area contributed by atoms with Gasteiger partial charge < -0.3 is 4.42 Å². The summed E-state index contributed by atoms with van der Waals surface area (Å²) >= 11 is 0. The van der Waals surface area contributed by atoms with E-state index >= 15 is 0 Å². The molecule has 10 aromatic rings. The monoisotopic (exact) mass is 596 g/mol. The largest absolute Gasteiger partial charge is 0.455 e. The number of fused-ring (bicyclic) bond motifs is 7. The van der Waals surface area contributed by atoms with Crippen molar-refractivity contribution in [3.63, 3.8) is 0 Å². The minimum atomic E-state index is 0.905. The third kappa shape index (κ3) is 3.97. The molecule has 0 aliphatic carbocycles. The van der Waals surface area contributed by atoms with Gasteiger partial charge in [0.25, 0.3) is 0 Å². The van der Waals surface area contributed by atoms with Gasteiger partial charge in [0, 0.05) is 16.3 Å². The van der Waals surface area contributed by atoms with Crippen LogP contribution in [0.4, 0.5) is 0 Å². The van der Waals surface area contributed by atoms with E-state index in [4.69, 9.17) is 4.42 Å². The first-order chi connectivity index (χ1) is 23.3. The first-order valence-electron chi connectivity index (χ1n) is 16.2. The maximum atomic E-state index is 6.66. The van der Waals surface area contributed by atoms with Gasteiger partial charge in [0.1, 0.15) is 11.2 Å². The quantitative estimate of drug-likeness (QED) is 0.185. The Balaban J connectivity index is 1.34. The average Bonchev–Trinajstić information content (AvgIpc) is 3.52. The zero-order valence-corrected chi connectivity index (χ0v) is 25.6. The molecule has 0 aliphatic rings. The Hall–Kier alpha value is -6.18. The maximum Gasteiger partial charge on any atom is 0.143 e. The van der Waals surface area contributed by atoms with Gasteiger partial charge in [-0.3, -0.25) is 0 Å². The first kappa shape index (κ1) is 26.1. The van der Waals surface area contributed by atoms with Gasteiger partial charge in [-0.25, -0.2) is 0 Å². The van der Waals surface area contributed by atoms with E-state index < -0.39 is 0 Å². The first-order valence-corrected chi connectivity index (χ1v) is 16.2. The maximum absolute atomic E-state index is 6.66. The second kappa shape index (κ2) is 10.2. The van der Waals surface area contributed by atoms with Crippen LogP contribution in [0.5, 0.6) is 0 Å². The van der Waals surface area contributed by atoms with Crippen molar-refractivity contribution in [3.05, 3.63) is 170 Å². The summed E-state index contributed by atoms with van der Waals surface area (Å²) in [5.41, 5.74) is 9.05. The highest BCUT2D eigenvalue weighted by molar-refractivity contribution is 6.23. The van der Waals surface area contributed by atoms with E-state index in [1.54, 1.807) is 0 Å². The predicted molar refractivity (Wildman–Crippen MR) is 200 cm³/mol. The molecule has 0 radical (unpaired) electrons. The summed E-state index contributed by atoms with van der Waals surface area (Å²) in [6, 6.07) is 61.6. The number of furan rings is 1. The molecule has 1 nitrogen and oxygen atoms in total. The van der Waals surface area contributed by atoms with Gasteiger partial charge in [0.2, 0.25) is 0 Å². The zero-order valence-electron chi connectivity index (χ0n) is 25.6. The Bertz CT molecular complexity index is 2790. The normalized spacial score (nSPS) is 11.8. The Morgan fingerprint density at radius 2 is 0.851 bits per heavy atom. The van der Waals surface area contributed by atoms with E-state index in [2.05, 4.69) is 170 Å². The molecule has 0 bridgehead atoms. The fraction of sp³-hybridized carbons (Fsp3) is 0. The summed E-state index contributed by atoms with van der Waals surface area (Å²) < 4.78 is 6.66. The van der Waals surface area contributed by atoms with Gasteiger partial charge in [-0.15, -0.1) is 0 Å². The number of hydrogen-bond acceptors (Lipinski definition) is 1. The molecule has 0 unspecified atom stereocenters. The highest BCUT2D eigenvalue weighted by Gasteiger charge is 2.21. The Morgan fingerprint density at radius 3 is 1.57 bits per heavy atom. The van der Waals surface area contributed by atoms with Crippen LogP contribution in [0, 0.1) is 0 Å². The fourth-order valence-corrected chi connectivity index (χ4v) is 7.73. The third-order valence-electron chi connectivity index (χ3n) is 9.82. The van der Waals surface area contributed by atoms with Crippen molar-refractivity contribution in [1.82, 2.24) is 0 Å². The van der Waals surface area contributed by atoms with Crippen molar-refractivity contribution in [2.24, 2.45) is 0 Å². The molecule has 218 valence electrons. The van der Waals surface area contributed by atoms with Crippen LogP contribution in [0.25, 0.3) is 98.4 Å². The van der Waals surface area contributed by atoms with Crippen molar-refractivity contribution >= 4 is 65.0 Å². The van der Waals surface area contributed by atoms with E-state index in [0.717, 1.165) is 27.5 Å². The van der Waals surface area contributed by atoms with Gasteiger partial charge in [0.15, 0.2) is 0 Å². The lowest BCUT2D eigenvalue weighted by atomic mass is 9.84. The van der Waals surface area contributed by atoms with Crippen molar-refractivity contribution in [2.75, 3.05) is 0 Å². The van der Waals surface area contributed by atoms with Crippen LogP contribution >= 0.6 is 0 Å². The number of benzene rings is 9. The van der Waals surface area contributed by atoms with Crippen LogP contribution in [0.2, 0.25) is 0 Å². The molecule has 10 rings (SSSR count). The second-order valence-corrected chi connectivity index (χ2v) is 12.4. The van der Waals surface area contributed by atoms with Crippen LogP contribution in [-0.4, -0.2) is 0 Å². The molecular weight excluding hydrogens is 569 g/mol.